The molecule has 8 rings (SSSR count). The number of carbonyl (C=O) groups is 1. The predicted molar refractivity (Wildman–Crippen MR) is 168 cm³/mol. The molecule has 4 aromatic heterocycles. The number of hydrogen-bond acceptors (Lipinski definition) is 8. The lowest BCUT2D eigenvalue weighted by atomic mass is 10.1. The third-order valence-corrected chi connectivity index (χ3v) is 9.82. The number of likely N-dealkylation sites (tertiary alicyclic amines) is 1. The molecule has 11 heteroatoms. The van der Waals surface area contributed by atoms with Crippen LogP contribution in [0.5, 0.6) is 11.5 Å². The van der Waals surface area contributed by atoms with Gasteiger partial charge in [0.15, 0.2) is 17.4 Å². The second kappa shape index (κ2) is 9.95. The van der Waals surface area contributed by atoms with Gasteiger partial charge < -0.3 is 35.0 Å². The number of amides is 1. The second-order valence-electron chi connectivity index (χ2n) is 12.5. The summed E-state index contributed by atoms with van der Waals surface area (Å²) >= 11 is 0. The monoisotopic (exact) mass is 592 g/mol. The molecule has 1 amide bonds. The predicted octanol–water partition coefficient (Wildman–Crippen LogP) is 4.22. The number of ether oxygens (including phenoxy) is 2. The van der Waals surface area contributed by atoms with E-state index in [1.165, 1.54) is 12.8 Å². The molecule has 4 N–H and O–H groups in total. The number of carbonyl (C=O) groups excluding carboxylic acids is 1. The number of nitrogens with two attached hydrogens (primary N) is 2. The maximum atomic E-state index is 13.7. The lowest BCUT2D eigenvalue weighted by Gasteiger charge is -2.27. The van der Waals surface area contributed by atoms with Crippen molar-refractivity contribution in [2.24, 2.45) is 24.6 Å². The summed E-state index contributed by atoms with van der Waals surface area (Å²) < 4.78 is 15.6. The molecule has 0 spiro atoms. The number of rotatable bonds is 7. The van der Waals surface area contributed by atoms with Crippen molar-refractivity contribution in [3.63, 3.8) is 0 Å². The number of nitrogen functional groups attached to an aromatic ring is 1. The molecule has 1 aliphatic heterocycles. The zero-order valence-electron chi connectivity index (χ0n) is 25.2. The van der Waals surface area contributed by atoms with E-state index in [0.717, 1.165) is 64.2 Å². The minimum absolute atomic E-state index is 0.00609. The number of aromatic nitrogens is 5. The van der Waals surface area contributed by atoms with Crippen molar-refractivity contribution >= 4 is 33.8 Å². The molecule has 1 saturated heterocycles. The molecular weight excluding hydrogens is 556 g/mol. The molecule has 2 aliphatic carbocycles. The Labute approximate surface area is 254 Å². The summed E-state index contributed by atoms with van der Waals surface area (Å²) in [5, 5.41) is 1.02. The Morgan fingerprint density at radius 1 is 1.02 bits per heavy atom. The molecule has 226 valence electrons. The van der Waals surface area contributed by atoms with Gasteiger partial charge in [-0.2, -0.15) is 0 Å². The highest BCUT2D eigenvalue weighted by Gasteiger charge is 2.47. The number of benzene rings is 1. The first-order valence-electron chi connectivity index (χ1n) is 15.3. The first-order valence-corrected chi connectivity index (χ1v) is 15.3. The van der Waals surface area contributed by atoms with Gasteiger partial charge in [-0.25, -0.2) is 15.0 Å². The fraction of sp³-hybridized carbons (Fsp3) is 0.394. The zero-order chi connectivity index (χ0) is 30.3. The Bertz CT molecular complexity index is 1960. The SMILES string of the molecule is COc1cc(-c2ccc3cc(-c4nc5cc(C(=O)N6CC7CCC6[C@@H]7N)cc(OC)c5n4C)n(CC4CC4)c3n2)cnc1N. The molecule has 5 aromatic rings. The van der Waals surface area contributed by atoms with Crippen molar-refractivity contribution in [1.29, 1.82) is 0 Å². The van der Waals surface area contributed by atoms with Crippen LogP contribution in [0, 0.1) is 11.8 Å². The molecule has 3 aliphatic rings. The molecule has 5 heterocycles. The van der Waals surface area contributed by atoms with Gasteiger partial charge in [0.05, 0.1) is 31.1 Å². The standard InChI is InChI=1S/C33H36N8O3/c1-39-29-23(10-20(12-26(29)43-2)33(42)41-16-19-7-9-24(41)28(19)34)38-32(39)25-11-18-6-8-22(21-13-27(44-3)30(35)36-14-21)37-31(18)40(25)15-17-4-5-17/h6,8,10-14,17,19,24,28H,4-5,7,9,15-16,34H2,1-3H3,(H2,35,36)/t19?,24?,28-/m1/s1. The van der Waals surface area contributed by atoms with Gasteiger partial charge in [0.1, 0.15) is 16.9 Å². The van der Waals surface area contributed by atoms with Crippen LogP contribution in [0.3, 0.4) is 0 Å². The summed E-state index contributed by atoms with van der Waals surface area (Å²) in [6, 6.07) is 12.0. The van der Waals surface area contributed by atoms with Crippen molar-refractivity contribution < 1.29 is 14.3 Å². The maximum absolute atomic E-state index is 13.7. The normalized spacial score (nSPS) is 21.1. The summed E-state index contributed by atoms with van der Waals surface area (Å²) in [7, 11) is 5.22. The van der Waals surface area contributed by atoms with E-state index in [0.29, 0.717) is 41.3 Å². The number of imidazole rings is 1. The smallest absolute Gasteiger partial charge is 0.254 e. The Kier molecular flexibility index (Phi) is 6.09. The second-order valence-corrected chi connectivity index (χ2v) is 12.5. The Balaban J connectivity index is 1.24. The van der Waals surface area contributed by atoms with E-state index >= 15 is 0 Å². The largest absolute Gasteiger partial charge is 0.494 e. The van der Waals surface area contributed by atoms with Gasteiger partial charge in [0.2, 0.25) is 0 Å². The van der Waals surface area contributed by atoms with Crippen LogP contribution in [-0.2, 0) is 13.6 Å². The van der Waals surface area contributed by atoms with Crippen LogP contribution in [0.15, 0.2) is 42.6 Å². The van der Waals surface area contributed by atoms with E-state index in [1.54, 1.807) is 20.4 Å². The highest BCUT2D eigenvalue weighted by Crippen LogP contribution is 2.40. The lowest BCUT2D eigenvalue weighted by molar-refractivity contribution is 0.0700. The van der Waals surface area contributed by atoms with Crippen molar-refractivity contribution in [2.75, 3.05) is 26.5 Å². The molecule has 0 radical (unpaired) electrons. The maximum Gasteiger partial charge on any atom is 0.254 e. The van der Waals surface area contributed by atoms with Crippen LogP contribution >= 0.6 is 0 Å². The molecule has 2 unspecified atom stereocenters. The molecule has 3 atom stereocenters. The third kappa shape index (κ3) is 4.13. The third-order valence-electron chi connectivity index (χ3n) is 9.82. The van der Waals surface area contributed by atoms with Crippen molar-refractivity contribution in [1.82, 2.24) is 29.0 Å². The Morgan fingerprint density at radius 3 is 2.55 bits per heavy atom. The summed E-state index contributed by atoms with van der Waals surface area (Å²) in [5.41, 5.74) is 18.0. The molecule has 2 bridgehead atoms. The number of aryl methyl sites for hydroxylation is 1. The van der Waals surface area contributed by atoms with E-state index in [2.05, 4.69) is 26.3 Å². The molecule has 3 fully saturated rings. The molecule has 44 heavy (non-hydrogen) atoms. The lowest BCUT2D eigenvalue weighted by Crippen LogP contribution is -2.41. The van der Waals surface area contributed by atoms with Crippen LogP contribution in [0.25, 0.3) is 44.8 Å². The molecular formula is C33H36N8O3. The van der Waals surface area contributed by atoms with E-state index < -0.39 is 0 Å². The first kappa shape index (κ1) is 26.9. The topological polar surface area (TPSA) is 139 Å². The van der Waals surface area contributed by atoms with E-state index in [1.807, 2.05) is 36.2 Å². The van der Waals surface area contributed by atoms with Gasteiger partial charge in [-0.15, -0.1) is 0 Å². The molecule has 1 aromatic carbocycles. The van der Waals surface area contributed by atoms with Crippen LogP contribution in [0.1, 0.15) is 36.0 Å². The van der Waals surface area contributed by atoms with Crippen LogP contribution in [-0.4, -0.2) is 67.7 Å². The summed E-state index contributed by atoms with van der Waals surface area (Å²) in [6.07, 6.45) is 6.17. The van der Waals surface area contributed by atoms with Gasteiger partial charge in [-0.1, -0.05) is 0 Å². The highest BCUT2D eigenvalue weighted by atomic mass is 16.5. The number of piperidine rings is 1. The average molecular weight is 593 g/mol. The fourth-order valence-electron chi connectivity index (χ4n) is 7.24. The first-order chi connectivity index (χ1) is 21.3. The molecule has 2 saturated carbocycles. The van der Waals surface area contributed by atoms with Crippen molar-refractivity contribution in [3.8, 4) is 34.3 Å². The summed E-state index contributed by atoms with van der Waals surface area (Å²) in [6.45, 7) is 1.56. The number of methoxy groups -OCH3 is 2. The van der Waals surface area contributed by atoms with Crippen LogP contribution in [0.2, 0.25) is 0 Å². The Hall–Kier alpha value is -4.64. The van der Waals surface area contributed by atoms with Crippen LogP contribution < -0.4 is 20.9 Å². The number of pyridine rings is 2. The van der Waals surface area contributed by atoms with Gasteiger partial charge in [-0.3, -0.25) is 4.79 Å². The van der Waals surface area contributed by atoms with Crippen molar-refractivity contribution in [3.05, 3.63) is 48.2 Å². The number of fused-ring (bicyclic) bond motifs is 4. The summed E-state index contributed by atoms with van der Waals surface area (Å²) in [4.78, 5) is 30.2. The van der Waals surface area contributed by atoms with Gasteiger partial charge in [0.25, 0.3) is 5.91 Å². The fourth-order valence-corrected chi connectivity index (χ4v) is 7.24. The van der Waals surface area contributed by atoms with Crippen LogP contribution in [0.4, 0.5) is 5.82 Å². The quantitative estimate of drug-likeness (QED) is 0.286. The minimum Gasteiger partial charge on any atom is -0.494 e. The number of anilines is 1. The minimum atomic E-state index is -0.00609. The van der Waals surface area contributed by atoms with Gasteiger partial charge in [-0.05, 0) is 73.9 Å². The van der Waals surface area contributed by atoms with E-state index in [9.17, 15) is 4.79 Å². The zero-order valence-corrected chi connectivity index (χ0v) is 25.2. The van der Waals surface area contributed by atoms with Gasteiger partial charge in [0, 0.05) is 54.9 Å². The van der Waals surface area contributed by atoms with E-state index in [4.69, 9.17) is 30.9 Å². The van der Waals surface area contributed by atoms with E-state index in [-0.39, 0.29) is 18.0 Å². The number of nitrogens with zero attached hydrogens (tertiary/aromatic N) is 6. The highest BCUT2D eigenvalue weighted by molar-refractivity contribution is 6.00. The number of hydrogen-bond donors (Lipinski definition) is 2. The van der Waals surface area contributed by atoms with Crippen molar-refractivity contribution in [2.45, 2.75) is 44.3 Å². The summed E-state index contributed by atoms with van der Waals surface area (Å²) in [5.74, 6) is 3.26. The van der Waals surface area contributed by atoms with Gasteiger partial charge >= 0.3 is 0 Å². The Morgan fingerprint density at radius 2 is 1.84 bits per heavy atom. The average Bonchev–Trinajstić information content (AvgIpc) is 3.44. The molecule has 11 nitrogen and oxygen atoms in total.